The minimum Gasteiger partial charge on any atom is -0.497 e. The first-order chi connectivity index (χ1) is 10.0. The Bertz CT molecular complexity index is 646. The minimum absolute atomic E-state index is 0.141. The third-order valence-corrected chi connectivity index (χ3v) is 3.84. The molecule has 0 N–H and O–H groups in total. The van der Waals surface area contributed by atoms with Crippen molar-refractivity contribution in [2.75, 3.05) is 7.11 Å². The third kappa shape index (κ3) is 3.89. The molecule has 0 saturated heterocycles. The second-order valence-corrected chi connectivity index (χ2v) is 5.77. The number of aryl methyl sites for hydroxylation is 1. The lowest BCUT2D eigenvalue weighted by Gasteiger charge is -2.14. The third-order valence-electron chi connectivity index (χ3n) is 3.09. The van der Waals surface area contributed by atoms with Crippen LogP contribution in [-0.4, -0.2) is 7.11 Å². The molecule has 2 aromatic carbocycles. The number of alkyl halides is 1. The van der Waals surface area contributed by atoms with Crippen LogP contribution in [0.5, 0.6) is 11.5 Å². The van der Waals surface area contributed by atoms with Gasteiger partial charge in [0.2, 0.25) is 0 Å². The Balaban J connectivity index is 2.20. The Morgan fingerprint density at radius 3 is 2.57 bits per heavy atom. The second-order valence-electron chi connectivity index (χ2n) is 4.59. The van der Waals surface area contributed by atoms with E-state index in [1.54, 1.807) is 12.1 Å². The Morgan fingerprint density at radius 1 is 1.19 bits per heavy atom. The molecule has 0 fully saturated rings. The average molecular weight is 374 g/mol. The molecule has 21 heavy (non-hydrogen) atoms. The first kappa shape index (κ1) is 16.1. The molecule has 0 bridgehead atoms. The molecule has 2 aromatic rings. The van der Waals surface area contributed by atoms with Gasteiger partial charge in [-0.25, -0.2) is 4.39 Å². The highest BCUT2D eigenvalue weighted by Gasteiger charge is 2.11. The Hall–Kier alpha value is -1.26. The summed E-state index contributed by atoms with van der Waals surface area (Å²) in [6.45, 7) is 2.07. The molecule has 2 nitrogen and oxygen atoms in total. The molecular formula is C16H15BrClFO2. The topological polar surface area (TPSA) is 18.5 Å². The number of hydrogen-bond donors (Lipinski definition) is 0. The van der Waals surface area contributed by atoms with E-state index in [4.69, 9.17) is 21.1 Å². The Kier molecular flexibility index (Phi) is 5.48. The lowest BCUT2D eigenvalue weighted by atomic mass is 10.1. The zero-order chi connectivity index (χ0) is 15.4. The van der Waals surface area contributed by atoms with Gasteiger partial charge in [-0.05, 0) is 36.8 Å². The van der Waals surface area contributed by atoms with Gasteiger partial charge < -0.3 is 9.47 Å². The maximum Gasteiger partial charge on any atom is 0.133 e. The van der Waals surface area contributed by atoms with Crippen molar-refractivity contribution in [3.05, 3.63) is 57.3 Å². The van der Waals surface area contributed by atoms with Crippen LogP contribution in [0.2, 0.25) is 0 Å². The molecule has 0 aromatic heterocycles. The van der Waals surface area contributed by atoms with E-state index < -0.39 is 0 Å². The van der Waals surface area contributed by atoms with Gasteiger partial charge in [0.25, 0.3) is 0 Å². The molecule has 0 amide bonds. The van der Waals surface area contributed by atoms with Gasteiger partial charge in [-0.2, -0.15) is 0 Å². The molecule has 5 heteroatoms. The molecule has 0 aliphatic heterocycles. The van der Waals surface area contributed by atoms with Gasteiger partial charge >= 0.3 is 0 Å². The van der Waals surface area contributed by atoms with E-state index in [0.717, 1.165) is 15.6 Å². The summed E-state index contributed by atoms with van der Waals surface area (Å²) in [5, 5.41) is 0. The van der Waals surface area contributed by atoms with Crippen LogP contribution in [-0.2, 0) is 12.5 Å². The van der Waals surface area contributed by atoms with Crippen molar-refractivity contribution in [3.63, 3.8) is 0 Å². The fourth-order valence-electron chi connectivity index (χ4n) is 2.03. The standard InChI is InChI=1S/C16H15BrClFO2/c1-10-5-13(17)6-12(8-18)16(10)21-9-11-3-4-14(20-2)7-15(11)19/h3-7H,8-9H2,1-2H3. The summed E-state index contributed by atoms with van der Waals surface area (Å²) in [5.74, 6) is 1.17. The number of benzene rings is 2. The second kappa shape index (κ2) is 7.14. The molecule has 0 aliphatic rings. The van der Waals surface area contributed by atoms with Crippen molar-refractivity contribution in [3.8, 4) is 11.5 Å². The zero-order valence-corrected chi connectivity index (χ0v) is 14.1. The van der Waals surface area contributed by atoms with Gasteiger partial charge in [0.05, 0.1) is 13.0 Å². The number of methoxy groups -OCH3 is 1. The van der Waals surface area contributed by atoms with Crippen LogP contribution < -0.4 is 9.47 Å². The van der Waals surface area contributed by atoms with Crippen LogP contribution in [0.15, 0.2) is 34.8 Å². The summed E-state index contributed by atoms with van der Waals surface area (Å²) < 4.78 is 25.6. The van der Waals surface area contributed by atoms with E-state index >= 15 is 0 Å². The van der Waals surface area contributed by atoms with Crippen LogP contribution in [0.4, 0.5) is 4.39 Å². The highest BCUT2D eigenvalue weighted by molar-refractivity contribution is 9.10. The molecule has 0 unspecified atom stereocenters. The van der Waals surface area contributed by atoms with E-state index in [-0.39, 0.29) is 12.4 Å². The van der Waals surface area contributed by atoms with Crippen LogP contribution in [0.25, 0.3) is 0 Å². The highest BCUT2D eigenvalue weighted by atomic mass is 79.9. The van der Waals surface area contributed by atoms with Gasteiger partial charge in [-0.15, -0.1) is 11.6 Å². The molecule has 0 spiro atoms. The first-order valence-corrected chi connectivity index (χ1v) is 7.68. The Morgan fingerprint density at radius 2 is 1.95 bits per heavy atom. The number of hydrogen-bond acceptors (Lipinski definition) is 2. The normalized spacial score (nSPS) is 10.5. The number of halogens is 3. The monoisotopic (exact) mass is 372 g/mol. The van der Waals surface area contributed by atoms with Crippen molar-refractivity contribution in [2.24, 2.45) is 0 Å². The van der Waals surface area contributed by atoms with Gasteiger partial charge in [0.1, 0.15) is 23.9 Å². The molecule has 0 heterocycles. The SMILES string of the molecule is COc1ccc(COc2c(C)cc(Br)cc2CCl)c(F)c1. The molecule has 0 aliphatic carbocycles. The quantitative estimate of drug-likeness (QED) is 0.669. The van der Waals surface area contributed by atoms with E-state index in [2.05, 4.69) is 15.9 Å². The molecule has 0 saturated carbocycles. The fraction of sp³-hybridized carbons (Fsp3) is 0.250. The molecular weight excluding hydrogens is 359 g/mol. The highest BCUT2D eigenvalue weighted by Crippen LogP contribution is 2.30. The molecule has 2 rings (SSSR count). The number of ether oxygens (including phenoxy) is 2. The summed E-state index contributed by atoms with van der Waals surface area (Å²) in [6.07, 6.45) is 0. The predicted octanol–water partition coefficient (Wildman–Crippen LogP) is 5.22. The first-order valence-electron chi connectivity index (χ1n) is 6.35. The van der Waals surface area contributed by atoms with Crippen molar-refractivity contribution in [1.29, 1.82) is 0 Å². The minimum atomic E-state index is -0.350. The summed E-state index contributed by atoms with van der Waals surface area (Å²) >= 11 is 9.36. The van der Waals surface area contributed by atoms with E-state index in [9.17, 15) is 4.39 Å². The maximum absolute atomic E-state index is 13.9. The summed E-state index contributed by atoms with van der Waals surface area (Å²) in [7, 11) is 1.50. The van der Waals surface area contributed by atoms with Crippen LogP contribution in [0.1, 0.15) is 16.7 Å². The van der Waals surface area contributed by atoms with Crippen molar-refractivity contribution in [1.82, 2.24) is 0 Å². The maximum atomic E-state index is 13.9. The van der Waals surface area contributed by atoms with Gasteiger partial charge in [-0.1, -0.05) is 15.9 Å². The zero-order valence-electron chi connectivity index (χ0n) is 11.8. The van der Waals surface area contributed by atoms with Gasteiger partial charge in [-0.3, -0.25) is 0 Å². The van der Waals surface area contributed by atoms with Gasteiger partial charge in [0, 0.05) is 21.7 Å². The largest absolute Gasteiger partial charge is 0.497 e. The average Bonchev–Trinajstić information content (AvgIpc) is 2.46. The van der Waals surface area contributed by atoms with Crippen molar-refractivity contribution in [2.45, 2.75) is 19.4 Å². The van der Waals surface area contributed by atoms with Gasteiger partial charge in [0.15, 0.2) is 0 Å². The van der Waals surface area contributed by atoms with E-state index in [0.29, 0.717) is 22.9 Å². The summed E-state index contributed by atoms with van der Waals surface area (Å²) in [4.78, 5) is 0. The number of rotatable bonds is 5. The van der Waals surface area contributed by atoms with Crippen LogP contribution in [0, 0.1) is 12.7 Å². The molecule has 0 atom stereocenters. The van der Waals surface area contributed by atoms with Crippen molar-refractivity contribution < 1.29 is 13.9 Å². The predicted molar refractivity (Wildman–Crippen MR) is 85.7 cm³/mol. The fourth-order valence-corrected chi connectivity index (χ4v) is 2.85. The summed E-state index contributed by atoms with van der Waals surface area (Å²) in [5.41, 5.74) is 2.30. The molecule has 112 valence electrons. The molecule has 0 radical (unpaired) electrons. The lowest BCUT2D eigenvalue weighted by Crippen LogP contribution is -2.02. The van der Waals surface area contributed by atoms with Crippen LogP contribution >= 0.6 is 27.5 Å². The summed E-state index contributed by atoms with van der Waals surface area (Å²) in [6, 6.07) is 8.55. The Labute approximate surface area is 137 Å². The van der Waals surface area contributed by atoms with E-state index in [1.165, 1.54) is 13.2 Å². The van der Waals surface area contributed by atoms with Crippen LogP contribution in [0.3, 0.4) is 0 Å². The van der Waals surface area contributed by atoms with Crippen molar-refractivity contribution >= 4 is 27.5 Å². The van der Waals surface area contributed by atoms with E-state index in [1.807, 2.05) is 19.1 Å². The lowest BCUT2D eigenvalue weighted by molar-refractivity contribution is 0.295. The smallest absolute Gasteiger partial charge is 0.133 e.